The molecule has 0 aromatic carbocycles. The molecule has 0 radical (unpaired) electrons. The average molecular weight is 152 g/mol. The van der Waals surface area contributed by atoms with E-state index in [0.717, 1.165) is 19.6 Å². The number of hydrogen-bond acceptors (Lipinski definition) is 3. The van der Waals surface area contributed by atoms with Crippen LogP contribution in [0.2, 0.25) is 0 Å². The van der Waals surface area contributed by atoms with E-state index in [-0.39, 0.29) is 7.43 Å². The lowest BCUT2D eigenvalue weighted by atomic mass is 10.5. The minimum absolute atomic E-state index is 0. The van der Waals surface area contributed by atoms with Crippen molar-refractivity contribution < 1.29 is 13.6 Å². The van der Waals surface area contributed by atoms with E-state index in [0.29, 0.717) is 0 Å². The lowest BCUT2D eigenvalue weighted by Crippen LogP contribution is -2.05. The maximum absolute atomic E-state index is 5.05. The van der Waals surface area contributed by atoms with Crippen molar-refractivity contribution in [3.05, 3.63) is 0 Å². The third kappa shape index (κ3) is 3.11. The molecule has 0 aromatic rings. The third-order valence-electron chi connectivity index (χ3n) is 0.831. The molecule has 1 fully saturated rings. The first kappa shape index (κ1) is 9.31. The largest absolute Gasteiger partial charge is 0.332 e. The van der Waals surface area contributed by atoms with Crippen LogP contribution in [0.4, 0.5) is 0 Å². The maximum atomic E-state index is 5.05. The van der Waals surface area contributed by atoms with Gasteiger partial charge in [0, 0.05) is 7.11 Å². The fourth-order valence-corrected chi connectivity index (χ4v) is 1.32. The van der Waals surface area contributed by atoms with Gasteiger partial charge in [-0.3, -0.25) is 0 Å². The molecular formula is C5H13O3P. The highest BCUT2D eigenvalue weighted by molar-refractivity contribution is 7.41. The molecular weight excluding hydrogens is 139 g/mol. The Balaban J connectivity index is 0.000000640. The highest BCUT2D eigenvalue weighted by atomic mass is 31.2. The zero-order valence-electron chi connectivity index (χ0n) is 4.79. The van der Waals surface area contributed by atoms with Gasteiger partial charge in [-0.1, -0.05) is 7.43 Å². The van der Waals surface area contributed by atoms with Crippen molar-refractivity contribution in [2.75, 3.05) is 20.3 Å². The number of hydrogen-bond donors (Lipinski definition) is 0. The molecule has 0 aromatic heterocycles. The van der Waals surface area contributed by atoms with Gasteiger partial charge in [0.25, 0.3) is 0 Å². The minimum Gasteiger partial charge on any atom is -0.316 e. The van der Waals surface area contributed by atoms with Crippen molar-refractivity contribution in [3.63, 3.8) is 0 Å². The summed E-state index contributed by atoms with van der Waals surface area (Å²) >= 11 is 0. The van der Waals surface area contributed by atoms with Crippen LogP contribution in [0.15, 0.2) is 0 Å². The van der Waals surface area contributed by atoms with Gasteiger partial charge in [-0.05, 0) is 6.42 Å². The average Bonchev–Trinajstić information content (AvgIpc) is 1.90. The molecule has 1 rings (SSSR count). The summed E-state index contributed by atoms with van der Waals surface area (Å²) in [6, 6.07) is 0. The fraction of sp³-hybridized carbons (Fsp3) is 1.00. The molecule has 1 heterocycles. The molecule has 0 N–H and O–H groups in total. The van der Waals surface area contributed by atoms with Crippen LogP contribution < -0.4 is 0 Å². The summed E-state index contributed by atoms with van der Waals surface area (Å²) in [7, 11) is 0.625. The molecule has 0 saturated carbocycles. The quantitative estimate of drug-likeness (QED) is 0.537. The molecule has 0 spiro atoms. The normalized spacial score (nSPS) is 21.0. The van der Waals surface area contributed by atoms with Crippen molar-refractivity contribution in [3.8, 4) is 0 Å². The lowest BCUT2D eigenvalue weighted by Gasteiger charge is -2.18. The molecule has 1 aliphatic rings. The van der Waals surface area contributed by atoms with E-state index in [4.69, 9.17) is 13.6 Å². The van der Waals surface area contributed by atoms with E-state index in [9.17, 15) is 0 Å². The standard InChI is InChI=1S/C4H9O3P.CH4/c1-5-8-6-3-2-4-7-8;/h2-4H2,1H3;1H4. The Kier molecular flexibility index (Phi) is 5.30. The first-order valence-corrected chi connectivity index (χ1v) is 3.63. The van der Waals surface area contributed by atoms with Gasteiger partial charge in [0.2, 0.25) is 0 Å². The first-order valence-electron chi connectivity index (χ1n) is 2.53. The van der Waals surface area contributed by atoms with Crippen LogP contribution in [0, 0.1) is 0 Å². The van der Waals surface area contributed by atoms with Crippen LogP contribution >= 0.6 is 8.60 Å². The van der Waals surface area contributed by atoms with E-state index in [1.165, 1.54) is 0 Å². The second-order valence-electron chi connectivity index (χ2n) is 1.43. The second-order valence-corrected chi connectivity index (χ2v) is 2.75. The summed E-state index contributed by atoms with van der Waals surface area (Å²) in [5, 5.41) is 0. The molecule has 3 nitrogen and oxygen atoms in total. The number of rotatable bonds is 1. The minimum atomic E-state index is -0.970. The van der Waals surface area contributed by atoms with Gasteiger partial charge < -0.3 is 13.6 Å². The topological polar surface area (TPSA) is 27.7 Å². The zero-order chi connectivity index (χ0) is 5.82. The second kappa shape index (κ2) is 5.12. The Hall–Kier alpha value is 0.310. The molecule has 0 atom stereocenters. The summed E-state index contributed by atoms with van der Waals surface area (Å²) in [5.74, 6) is 0. The smallest absolute Gasteiger partial charge is 0.316 e. The van der Waals surface area contributed by atoms with Crippen LogP contribution in [0.5, 0.6) is 0 Å². The van der Waals surface area contributed by atoms with Crippen molar-refractivity contribution >= 4 is 8.60 Å². The molecule has 0 amide bonds. The molecule has 4 heteroatoms. The van der Waals surface area contributed by atoms with Crippen molar-refractivity contribution in [2.45, 2.75) is 13.8 Å². The van der Waals surface area contributed by atoms with Gasteiger partial charge in [0.1, 0.15) is 0 Å². The Morgan fingerprint density at radius 3 is 2.22 bits per heavy atom. The maximum Gasteiger partial charge on any atom is 0.332 e. The molecule has 9 heavy (non-hydrogen) atoms. The van der Waals surface area contributed by atoms with Gasteiger partial charge in [-0.25, -0.2) is 0 Å². The van der Waals surface area contributed by atoms with Gasteiger partial charge in [-0.15, -0.1) is 0 Å². The van der Waals surface area contributed by atoms with Crippen molar-refractivity contribution in [1.29, 1.82) is 0 Å². The monoisotopic (exact) mass is 152 g/mol. The Morgan fingerprint density at radius 2 is 1.89 bits per heavy atom. The predicted molar refractivity (Wildman–Crippen MR) is 37.2 cm³/mol. The fourth-order valence-electron chi connectivity index (χ4n) is 0.480. The molecule has 1 aliphatic heterocycles. The van der Waals surface area contributed by atoms with Crippen LogP contribution in [-0.2, 0) is 13.6 Å². The summed E-state index contributed by atoms with van der Waals surface area (Å²) in [5.41, 5.74) is 0. The molecule has 0 unspecified atom stereocenters. The summed E-state index contributed by atoms with van der Waals surface area (Å²) < 4.78 is 14.9. The molecule has 0 bridgehead atoms. The predicted octanol–water partition coefficient (Wildman–Crippen LogP) is 1.93. The van der Waals surface area contributed by atoms with Crippen LogP contribution in [0.3, 0.4) is 0 Å². The van der Waals surface area contributed by atoms with Crippen molar-refractivity contribution in [2.24, 2.45) is 0 Å². The summed E-state index contributed by atoms with van der Waals surface area (Å²) in [6.07, 6.45) is 0.988. The Labute approximate surface area is 57.3 Å². The highest BCUT2D eigenvalue weighted by Gasteiger charge is 2.13. The third-order valence-corrected chi connectivity index (χ3v) is 1.92. The van der Waals surface area contributed by atoms with E-state index in [1.54, 1.807) is 7.11 Å². The van der Waals surface area contributed by atoms with E-state index >= 15 is 0 Å². The summed E-state index contributed by atoms with van der Waals surface area (Å²) in [6.45, 7) is 1.55. The first-order chi connectivity index (χ1) is 3.93. The van der Waals surface area contributed by atoms with Gasteiger partial charge in [0.15, 0.2) is 0 Å². The summed E-state index contributed by atoms with van der Waals surface area (Å²) in [4.78, 5) is 0. The molecule has 1 saturated heterocycles. The van der Waals surface area contributed by atoms with Gasteiger partial charge in [0.05, 0.1) is 13.2 Å². The van der Waals surface area contributed by atoms with Crippen molar-refractivity contribution in [1.82, 2.24) is 0 Å². The lowest BCUT2D eigenvalue weighted by molar-refractivity contribution is 0.129. The molecule has 0 aliphatic carbocycles. The zero-order valence-corrected chi connectivity index (χ0v) is 5.69. The Bertz CT molecular complexity index is 63.2. The highest BCUT2D eigenvalue weighted by Crippen LogP contribution is 2.40. The van der Waals surface area contributed by atoms with Crippen LogP contribution in [-0.4, -0.2) is 20.3 Å². The van der Waals surface area contributed by atoms with Crippen LogP contribution in [0.25, 0.3) is 0 Å². The molecule has 56 valence electrons. The Morgan fingerprint density at radius 1 is 1.33 bits per heavy atom. The van der Waals surface area contributed by atoms with Gasteiger partial charge in [-0.2, -0.15) is 0 Å². The van der Waals surface area contributed by atoms with E-state index < -0.39 is 8.60 Å². The van der Waals surface area contributed by atoms with E-state index in [2.05, 4.69) is 0 Å². The van der Waals surface area contributed by atoms with Crippen LogP contribution in [0.1, 0.15) is 13.8 Å². The van der Waals surface area contributed by atoms with E-state index in [1.807, 2.05) is 0 Å². The van der Waals surface area contributed by atoms with Gasteiger partial charge >= 0.3 is 8.60 Å². The SMILES string of the molecule is C.COP1OCCCO1.